The van der Waals surface area contributed by atoms with E-state index in [9.17, 15) is 19.2 Å². The third-order valence-corrected chi connectivity index (χ3v) is 4.32. The van der Waals surface area contributed by atoms with Gasteiger partial charge in [0.2, 0.25) is 5.91 Å². The van der Waals surface area contributed by atoms with Gasteiger partial charge < -0.3 is 5.32 Å². The first-order chi connectivity index (χ1) is 11.2. The summed E-state index contributed by atoms with van der Waals surface area (Å²) in [5.74, 6) is -2.37. The maximum atomic E-state index is 12.2. The number of carbonyl (C=O) groups is 4. The largest absolute Gasteiger partial charge is 0.334 e. The fraction of sp³-hybridized carbons (Fsp3) is 0.375. The van der Waals surface area contributed by atoms with Gasteiger partial charge in [-0.1, -0.05) is 29.8 Å². The minimum absolute atomic E-state index is 0.0326. The fourth-order valence-corrected chi connectivity index (χ4v) is 2.53. The topological polar surface area (TPSA) is 86.8 Å². The molecule has 0 radical (unpaired) electrons. The highest BCUT2D eigenvalue weighted by Gasteiger charge is 2.45. The standard InChI is InChI=1S/C16H18BrN3O4/c1-9(2)7-19-14(22)15(23)20(16(19)24)8-13(21)18-11-4-5-12(17)10(3)6-11/h4-6,9H,7-8H2,1-3H3,(H,18,21). The third kappa shape index (κ3) is 3.81. The number of nitrogens with zero attached hydrogens (tertiary/aromatic N) is 2. The van der Waals surface area contributed by atoms with Crippen LogP contribution in [0.4, 0.5) is 10.5 Å². The van der Waals surface area contributed by atoms with Crippen molar-refractivity contribution in [1.29, 1.82) is 0 Å². The highest BCUT2D eigenvalue weighted by Crippen LogP contribution is 2.20. The number of anilines is 1. The number of benzene rings is 1. The molecule has 128 valence electrons. The number of urea groups is 1. The lowest BCUT2D eigenvalue weighted by atomic mass is 10.2. The highest BCUT2D eigenvalue weighted by atomic mass is 79.9. The average molecular weight is 396 g/mol. The normalized spacial score (nSPS) is 14.8. The van der Waals surface area contributed by atoms with E-state index >= 15 is 0 Å². The number of hydrogen-bond donors (Lipinski definition) is 1. The number of nitrogens with one attached hydrogen (secondary N) is 1. The Balaban J connectivity index is 2.05. The van der Waals surface area contributed by atoms with Crippen molar-refractivity contribution >= 4 is 45.4 Å². The smallest absolute Gasteiger partial charge is 0.325 e. The maximum Gasteiger partial charge on any atom is 0.334 e. The van der Waals surface area contributed by atoms with E-state index in [1.54, 1.807) is 18.2 Å². The molecule has 1 aliphatic rings. The molecule has 24 heavy (non-hydrogen) atoms. The summed E-state index contributed by atoms with van der Waals surface area (Å²) >= 11 is 3.36. The Hall–Kier alpha value is -2.22. The van der Waals surface area contributed by atoms with Crippen LogP contribution in [0.25, 0.3) is 0 Å². The molecule has 1 aromatic rings. The van der Waals surface area contributed by atoms with E-state index in [-0.39, 0.29) is 12.5 Å². The fourth-order valence-electron chi connectivity index (χ4n) is 2.28. The second-order valence-electron chi connectivity index (χ2n) is 6.00. The van der Waals surface area contributed by atoms with Crippen LogP contribution < -0.4 is 5.32 Å². The molecule has 0 unspecified atom stereocenters. The van der Waals surface area contributed by atoms with E-state index in [0.29, 0.717) is 10.6 Å². The molecular formula is C16H18BrN3O4. The lowest BCUT2D eigenvalue weighted by Crippen LogP contribution is -2.39. The van der Waals surface area contributed by atoms with Crippen molar-refractivity contribution in [2.45, 2.75) is 20.8 Å². The van der Waals surface area contributed by atoms with Crippen LogP contribution in [0.5, 0.6) is 0 Å². The second-order valence-corrected chi connectivity index (χ2v) is 6.85. The Kier molecular flexibility index (Phi) is 5.38. The third-order valence-electron chi connectivity index (χ3n) is 3.43. The van der Waals surface area contributed by atoms with Crippen molar-refractivity contribution in [2.75, 3.05) is 18.4 Å². The lowest BCUT2D eigenvalue weighted by Gasteiger charge is -2.17. The Morgan fingerprint density at radius 1 is 1.17 bits per heavy atom. The van der Waals surface area contributed by atoms with Crippen molar-refractivity contribution < 1.29 is 19.2 Å². The average Bonchev–Trinajstić information content (AvgIpc) is 2.68. The van der Waals surface area contributed by atoms with E-state index in [1.807, 2.05) is 20.8 Å². The van der Waals surface area contributed by atoms with Gasteiger partial charge in [0.05, 0.1) is 0 Å². The van der Waals surface area contributed by atoms with Gasteiger partial charge in [0.15, 0.2) is 0 Å². The summed E-state index contributed by atoms with van der Waals surface area (Å²) in [7, 11) is 0. The molecule has 0 saturated carbocycles. The van der Waals surface area contributed by atoms with Crippen molar-refractivity contribution in [3.05, 3.63) is 28.2 Å². The van der Waals surface area contributed by atoms with Gasteiger partial charge in [-0.2, -0.15) is 0 Å². The van der Waals surface area contributed by atoms with E-state index in [4.69, 9.17) is 0 Å². The zero-order valence-electron chi connectivity index (χ0n) is 13.6. The van der Waals surface area contributed by atoms with Crippen LogP contribution in [0.1, 0.15) is 19.4 Å². The molecule has 0 aliphatic carbocycles. The summed E-state index contributed by atoms with van der Waals surface area (Å²) in [5, 5.41) is 2.61. The molecule has 8 heteroatoms. The molecule has 0 spiro atoms. The summed E-state index contributed by atoms with van der Waals surface area (Å²) in [4.78, 5) is 49.6. The molecule has 0 bridgehead atoms. The molecule has 2 rings (SSSR count). The first-order valence-electron chi connectivity index (χ1n) is 7.44. The number of amides is 5. The molecular weight excluding hydrogens is 378 g/mol. The first-order valence-corrected chi connectivity index (χ1v) is 8.23. The predicted molar refractivity (Wildman–Crippen MR) is 91.2 cm³/mol. The molecule has 1 fully saturated rings. The molecule has 0 aromatic heterocycles. The van der Waals surface area contributed by atoms with Crippen LogP contribution in [0.15, 0.2) is 22.7 Å². The number of carbonyl (C=O) groups excluding carboxylic acids is 4. The van der Waals surface area contributed by atoms with Gasteiger partial charge in [0.25, 0.3) is 0 Å². The summed E-state index contributed by atoms with van der Waals surface area (Å²) < 4.78 is 0.903. The number of aryl methyl sites for hydroxylation is 1. The Morgan fingerprint density at radius 2 is 1.79 bits per heavy atom. The highest BCUT2D eigenvalue weighted by molar-refractivity contribution is 9.10. The molecule has 1 saturated heterocycles. The molecule has 5 amide bonds. The predicted octanol–water partition coefficient (Wildman–Crippen LogP) is 2.14. The van der Waals surface area contributed by atoms with E-state index in [2.05, 4.69) is 21.2 Å². The first kappa shape index (κ1) is 18.1. The van der Waals surface area contributed by atoms with Gasteiger partial charge in [-0.15, -0.1) is 0 Å². The molecule has 1 aliphatic heterocycles. The molecule has 0 atom stereocenters. The molecule has 1 heterocycles. The van der Waals surface area contributed by atoms with Crippen LogP contribution in [-0.4, -0.2) is 46.6 Å². The monoisotopic (exact) mass is 395 g/mol. The van der Waals surface area contributed by atoms with Gasteiger partial charge in [0.1, 0.15) is 6.54 Å². The van der Waals surface area contributed by atoms with Gasteiger partial charge >= 0.3 is 17.8 Å². The SMILES string of the molecule is Cc1cc(NC(=O)CN2C(=O)C(=O)N(CC(C)C)C2=O)ccc1Br. The van der Waals surface area contributed by atoms with Gasteiger partial charge in [-0.3, -0.25) is 19.3 Å². The molecule has 1 N–H and O–H groups in total. The van der Waals surface area contributed by atoms with Gasteiger partial charge in [-0.25, -0.2) is 9.69 Å². The van der Waals surface area contributed by atoms with Crippen molar-refractivity contribution in [3.8, 4) is 0 Å². The Labute approximate surface area is 148 Å². The van der Waals surface area contributed by atoms with Crippen molar-refractivity contribution in [3.63, 3.8) is 0 Å². The second kappa shape index (κ2) is 7.12. The number of halogens is 1. The molecule has 7 nitrogen and oxygen atoms in total. The lowest BCUT2D eigenvalue weighted by molar-refractivity contribution is -0.143. The number of imide groups is 2. The minimum atomic E-state index is -0.970. The van der Waals surface area contributed by atoms with Crippen LogP contribution in [0.3, 0.4) is 0 Å². The van der Waals surface area contributed by atoms with Crippen LogP contribution in [0, 0.1) is 12.8 Å². The van der Waals surface area contributed by atoms with Gasteiger partial charge in [-0.05, 0) is 36.6 Å². The Morgan fingerprint density at radius 3 is 2.38 bits per heavy atom. The number of rotatable bonds is 5. The van der Waals surface area contributed by atoms with Crippen LogP contribution in [-0.2, 0) is 14.4 Å². The number of hydrogen-bond acceptors (Lipinski definition) is 4. The quantitative estimate of drug-likeness (QED) is 0.611. The summed E-state index contributed by atoms with van der Waals surface area (Å²) in [6.07, 6.45) is 0. The van der Waals surface area contributed by atoms with E-state index in [1.165, 1.54) is 0 Å². The zero-order chi connectivity index (χ0) is 18.0. The van der Waals surface area contributed by atoms with Crippen molar-refractivity contribution in [1.82, 2.24) is 9.80 Å². The van der Waals surface area contributed by atoms with Crippen molar-refractivity contribution in [2.24, 2.45) is 5.92 Å². The minimum Gasteiger partial charge on any atom is -0.325 e. The van der Waals surface area contributed by atoms with E-state index < -0.39 is 30.3 Å². The zero-order valence-corrected chi connectivity index (χ0v) is 15.2. The molecule has 1 aromatic carbocycles. The van der Waals surface area contributed by atoms with Gasteiger partial charge in [0, 0.05) is 16.7 Å². The summed E-state index contributed by atoms with van der Waals surface area (Å²) in [5.41, 5.74) is 1.48. The summed E-state index contributed by atoms with van der Waals surface area (Å²) in [6.45, 7) is 5.18. The van der Waals surface area contributed by atoms with Crippen LogP contribution >= 0.6 is 15.9 Å². The summed E-state index contributed by atoms with van der Waals surface area (Å²) in [6, 6.07) is 4.48. The van der Waals surface area contributed by atoms with Crippen LogP contribution in [0.2, 0.25) is 0 Å². The van der Waals surface area contributed by atoms with E-state index in [0.717, 1.165) is 14.9 Å². The maximum absolute atomic E-state index is 12.2. The Bertz CT molecular complexity index is 717.